The number of hydrogen-bond acceptors (Lipinski definition) is 3. The van der Waals surface area contributed by atoms with Gasteiger partial charge in [-0.25, -0.2) is 0 Å². The van der Waals surface area contributed by atoms with Gasteiger partial charge in [-0.15, -0.1) is 0 Å². The number of amides is 1. The van der Waals surface area contributed by atoms with Gasteiger partial charge >= 0.3 is 0 Å². The van der Waals surface area contributed by atoms with Crippen LogP contribution >= 0.6 is 0 Å². The van der Waals surface area contributed by atoms with Crippen LogP contribution in [0.3, 0.4) is 0 Å². The highest BCUT2D eigenvalue weighted by Gasteiger charge is 2.41. The molecule has 2 fully saturated rings. The number of nitrogens with zero attached hydrogens (tertiary/aromatic N) is 2. The maximum absolute atomic E-state index is 12.7. The highest BCUT2D eigenvalue weighted by atomic mass is 16.5. The van der Waals surface area contributed by atoms with Crippen LogP contribution in [0.15, 0.2) is 24.3 Å². The van der Waals surface area contributed by atoms with Gasteiger partial charge in [0, 0.05) is 30.6 Å². The van der Waals surface area contributed by atoms with Crippen LogP contribution in [0.2, 0.25) is 0 Å². The minimum absolute atomic E-state index is 0.159. The summed E-state index contributed by atoms with van der Waals surface area (Å²) >= 11 is 0. The number of rotatable bonds is 2. The number of hydrogen-bond donors (Lipinski definition) is 0. The van der Waals surface area contributed by atoms with Crippen molar-refractivity contribution in [2.45, 2.75) is 19.3 Å². The van der Waals surface area contributed by atoms with Gasteiger partial charge < -0.3 is 14.5 Å². The van der Waals surface area contributed by atoms with E-state index in [0.29, 0.717) is 5.41 Å². The SMILES string of the molecule is COc1ccc(C(=O)N2CCC[C@@]3(CCN(C)C3)C2)cc1. The highest BCUT2D eigenvalue weighted by Crippen LogP contribution is 2.38. The second kappa shape index (κ2) is 5.68. The van der Waals surface area contributed by atoms with Gasteiger partial charge in [-0.2, -0.15) is 0 Å². The first-order valence-electron chi connectivity index (χ1n) is 7.74. The zero-order chi connectivity index (χ0) is 14.9. The number of ether oxygens (including phenoxy) is 1. The minimum Gasteiger partial charge on any atom is -0.497 e. The summed E-state index contributed by atoms with van der Waals surface area (Å²) in [4.78, 5) is 17.1. The lowest BCUT2D eigenvalue weighted by molar-refractivity contribution is 0.0534. The Hall–Kier alpha value is -1.55. The van der Waals surface area contributed by atoms with E-state index in [1.807, 2.05) is 29.2 Å². The van der Waals surface area contributed by atoms with Crippen LogP contribution in [0.1, 0.15) is 29.6 Å². The monoisotopic (exact) mass is 288 g/mol. The Morgan fingerprint density at radius 2 is 1.90 bits per heavy atom. The van der Waals surface area contributed by atoms with E-state index in [2.05, 4.69) is 11.9 Å². The first-order chi connectivity index (χ1) is 10.1. The maximum Gasteiger partial charge on any atom is 0.253 e. The van der Waals surface area contributed by atoms with Crippen LogP contribution in [-0.4, -0.2) is 56.0 Å². The third-order valence-corrected chi connectivity index (χ3v) is 4.91. The largest absolute Gasteiger partial charge is 0.497 e. The topological polar surface area (TPSA) is 32.8 Å². The lowest BCUT2D eigenvalue weighted by Gasteiger charge is -2.40. The maximum atomic E-state index is 12.7. The van der Waals surface area contributed by atoms with Crippen LogP contribution in [0.25, 0.3) is 0 Å². The summed E-state index contributed by atoms with van der Waals surface area (Å²) in [7, 11) is 3.82. The van der Waals surface area contributed by atoms with Gasteiger partial charge in [0.1, 0.15) is 5.75 Å². The molecule has 4 heteroatoms. The van der Waals surface area contributed by atoms with Crippen LogP contribution in [0.5, 0.6) is 5.75 Å². The molecule has 0 aromatic heterocycles. The van der Waals surface area contributed by atoms with E-state index in [1.54, 1.807) is 7.11 Å². The molecule has 2 aliphatic rings. The number of likely N-dealkylation sites (tertiary alicyclic amines) is 2. The quantitative estimate of drug-likeness (QED) is 0.837. The molecule has 1 amide bonds. The lowest BCUT2D eigenvalue weighted by Crippen LogP contribution is -2.47. The van der Waals surface area contributed by atoms with Gasteiger partial charge in [-0.3, -0.25) is 4.79 Å². The fraction of sp³-hybridized carbons (Fsp3) is 0.588. The van der Waals surface area contributed by atoms with Crippen LogP contribution in [0, 0.1) is 5.41 Å². The van der Waals surface area contributed by atoms with Gasteiger partial charge in [-0.1, -0.05) is 0 Å². The predicted molar refractivity (Wildman–Crippen MR) is 82.7 cm³/mol. The zero-order valence-electron chi connectivity index (χ0n) is 13.0. The molecule has 3 rings (SSSR count). The lowest BCUT2D eigenvalue weighted by atomic mass is 9.79. The molecule has 4 nitrogen and oxygen atoms in total. The summed E-state index contributed by atoms with van der Waals surface area (Å²) in [6.45, 7) is 4.07. The molecule has 2 aliphatic heterocycles. The summed E-state index contributed by atoms with van der Waals surface area (Å²) in [6, 6.07) is 7.44. The number of benzene rings is 1. The standard InChI is InChI=1S/C17H24N2O2/c1-18-11-9-17(12-18)8-3-10-19(13-17)16(20)14-4-6-15(21-2)7-5-14/h4-7H,3,8-13H2,1-2H3/t17-/m0/s1. The smallest absolute Gasteiger partial charge is 0.253 e. The zero-order valence-corrected chi connectivity index (χ0v) is 13.0. The van der Waals surface area contributed by atoms with Gasteiger partial charge in [0.15, 0.2) is 0 Å². The summed E-state index contributed by atoms with van der Waals surface area (Å²) in [6.07, 6.45) is 3.59. The Balaban J connectivity index is 1.72. The van der Waals surface area contributed by atoms with Crippen molar-refractivity contribution in [3.05, 3.63) is 29.8 Å². The van der Waals surface area contributed by atoms with Gasteiger partial charge in [0.2, 0.25) is 0 Å². The fourth-order valence-corrected chi connectivity index (χ4v) is 3.79. The summed E-state index contributed by atoms with van der Waals surface area (Å²) < 4.78 is 5.15. The molecule has 21 heavy (non-hydrogen) atoms. The third-order valence-electron chi connectivity index (χ3n) is 4.91. The molecule has 2 heterocycles. The number of methoxy groups -OCH3 is 1. The van der Waals surface area contributed by atoms with E-state index >= 15 is 0 Å². The molecule has 0 aliphatic carbocycles. The van der Waals surface area contributed by atoms with E-state index in [0.717, 1.165) is 43.9 Å². The summed E-state index contributed by atoms with van der Waals surface area (Å²) in [5.41, 5.74) is 1.09. The van der Waals surface area contributed by atoms with Gasteiger partial charge in [0.05, 0.1) is 7.11 Å². The Bertz CT molecular complexity index is 510. The molecular weight excluding hydrogens is 264 g/mol. The molecule has 1 aromatic carbocycles. The van der Waals surface area contributed by atoms with Crippen LogP contribution in [0.4, 0.5) is 0 Å². The van der Waals surface area contributed by atoms with E-state index in [9.17, 15) is 4.79 Å². The van der Waals surface area contributed by atoms with E-state index < -0.39 is 0 Å². The first-order valence-corrected chi connectivity index (χ1v) is 7.74. The normalized spacial score (nSPS) is 26.3. The molecule has 0 bridgehead atoms. The predicted octanol–water partition coefficient (Wildman–Crippen LogP) is 2.25. The molecule has 1 aromatic rings. The van der Waals surface area contributed by atoms with Crippen molar-refractivity contribution >= 4 is 5.91 Å². The molecule has 114 valence electrons. The van der Waals surface area contributed by atoms with Crippen molar-refractivity contribution in [3.63, 3.8) is 0 Å². The second-order valence-electron chi connectivity index (χ2n) is 6.55. The Kier molecular flexibility index (Phi) is 3.89. The van der Waals surface area contributed by atoms with Crippen molar-refractivity contribution in [2.24, 2.45) is 5.41 Å². The Morgan fingerprint density at radius 1 is 1.14 bits per heavy atom. The molecular formula is C17H24N2O2. The van der Waals surface area contributed by atoms with Gasteiger partial charge in [0.25, 0.3) is 5.91 Å². The van der Waals surface area contributed by atoms with Crippen molar-refractivity contribution < 1.29 is 9.53 Å². The molecule has 0 unspecified atom stereocenters. The van der Waals surface area contributed by atoms with Crippen molar-refractivity contribution in [1.82, 2.24) is 9.80 Å². The highest BCUT2D eigenvalue weighted by molar-refractivity contribution is 5.94. The number of carbonyl (C=O) groups is 1. The van der Waals surface area contributed by atoms with Crippen molar-refractivity contribution in [2.75, 3.05) is 40.3 Å². The fourth-order valence-electron chi connectivity index (χ4n) is 3.79. The Labute approximate surface area is 126 Å². The average Bonchev–Trinajstić information content (AvgIpc) is 2.87. The molecule has 0 radical (unpaired) electrons. The van der Waals surface area contributed by atoms with E-state index in [-0.39, 0.29) is 5.91 Å². The second-order valence-corrected chi connectivity index (χ2v) is 6.55. The Morgan fingerprint density at radius 3 is 2.52 bits per heavy atom. The molecule has 1 atom stereocenters. The molecule has 0 saturated carbocycles. The van der Waals surface area contributed by atoms with Gasteiger partial charge in [-0.05, 0) is 57.1 Å². The van der Waals surface area contributed by atoms with Crippen molar-refractivity contribution in [1.29, 1.82) is 0 Å². The van der Waals surface area contributed by atoms with Crippen molar-refractivity contribution in [3.8, 4) is 5.75 Å². The summed E-state index contributed by atoms with van der Waals surface area (Å²) in [5.74, 6) is 0.949. The van der Waals surface area contributed by atoms with E-state index in [4.69, 9.17) is 4.74 Å². The minimum atomic E-state index is 0.159. The average molecular weight is 288 g/mol. The number of piperidine rings is 1. The molecule has 0 N–H and O–H groups in total. The molecule has 1 spiro atoms. The van der Waals surface area contributed by atoms with E-state index in [1.165, 1.54) is 12.8 Å². The number of carbonyl (C=O) groups excluding carboxylic acids is 1. The summed E-state index contributed by atoms with van der Waals surface area (Å²) in [5, 5.41) is 0. The first kappa shape index (κ1) is 14.4. The van der Waals surface area contributed by atoms with Crippen LogP contribution in [-0.2, 0) is 0 Å². The van der Waals surface area contributed by atoms with Crippen LogP contribution < -0.4 is 4.74 Å². The molecule has 2 saturated heterocycles. The third kappa shape index (κ3) is 2.91.